The molecule has 4 heteroatoms. The molecule has 1 heterocycles. The van der Waals surface area contributed by atoms with Gasteiger partial charge in [-0.2, -0.15) is 0 Å². The Morgan fingerprint density at radius 3 is 2.39 bits per heavy atom. The molecule has 1 amide bonds. The Morgan fingerprint density at radius 1 is 1.04 bits per heavy atom. The number of nitrogens with zero attached hydrogens (tertiary/aromatic N) is 1. The summed E-state index contributed by atoms with van der Waals surface area (Å²) in [6.07, 6.45) is 8.93. The molecule has 23 heavy (non-hydrogen) atoms. The van der Waals surface area contributed by atoms with E-state index in [1.807, 2.05) is 12.1 Å². The van der Waals surface area contributed by atoms with Crippen LogP contribution in [0.4, 0.5) is 0 Å². The minimum atomic E-state index is -0.914. The molecular weight excluding hydrogens is 290 g/mol. The lowest BCUT2D eigenvalue weighted by Crippen LogP contribution is -2.33. The summed E-state index contributed by atoms with van der Waals surface area (Å²) >= 11 is 0. The fraction of sp³-hybridized carbons (Fsp3) is 0.579. The Kier molecular flexibility index (Phi) is 4.69. The van der Waals surface area contributed by atoms with E-state index in [-0.39, 0.29) is 5.91 Å². The van der Waals surface area contributed by atoms with Crippen molar-refractivity contribution in [2.24, 2.45) is 5.41 Å². The summed E-state index contributed by atoms with van der Waals surface area (Å²) in [5.74, 6) is -0.669. The van der Waals surface area contributed by atoms with Crippen LogP contribution < -0.4 is 0 Å². The van der Waals surface area contributed by atoms with E-state index < -0.39 is 5.97 Å². The van der Waals surface area contributed by atoms with E-state index in [9.17, 15) is 9.59 Å². The molecule has 1 N–H and O–H groups in total. The maximum Gasteiger partial charge on any atom is 0.335 e. The molecule has 3 rings (SSSR count). The van der Waals surface area contributed by atoms with E-state index in [1.54, 1.807) is 12.1 Å². The third-order valence-electron chi connectivity index (χ3n) is 5.53. The van der Waals surface area contributed by atoms with Crippen molar-refractivity contribution in [2.75, 3.05) is 13.1 Å². The number of rotatable bonds is 4. The molecule has 0 unspecified atom stereocenters. The molecule has 0 radical (unpaired) electrons. The normalized spacial score (nSPS) is 19.9. The number of hydrogen-bond donors (Lipinski definition) is 1. The lowest BCUT2D eigenvalue weighted by Gasteiger charge is -2.33. The van der Waals surface area contributed by atoms with Gasteiger partial charge in [0.05, 0.1) is 5.56 Å². The quantitative estimate of drug-likeness (QED) is 0.925. The van der Waals surface area contributed by atoms with Crippen LogP contribution in [0.15, 0.2) is 24.3 Å². The molecule has 1 spiro atoms. The summed E-state index contributed by atoms with van der Waals surface area (Å²) in [6.45, 7) is 1.86. The topological polar surface area (TPSA) is 57.6 Å². The average Bonchev–Trinajstić information content (AvgIpc) is 2.97. The SMILES string of the molecule is O=C(O)c1ccc(CCC(=O)N2CCC3(CCCCC3)C2)cc1. The Hall–Kier alpha value is -1.84. The van der Waals surface area contributed by atoms with Gasteiger partial charge < -0.3 is 10.0 Å². The lowest BCUT2D eigenvalue weighted by atomic mass is 9.73. The molecule has 4 nitrogen and oxygen atoms in total. The van der Waals surface area contributed by atoms with Crippen LogP contribution in [0.3, 0.4) is 0 Å². The minimum absolute atomic E-state index is 0.245. The molecule has 1 saturated carbocycles. The number of hydrogen-bond acceptors (Lipinski definition) is 2. The van der Waals surface area contributed by atoms with Gasteiger partial charge in [0.1, 0.15) is 0 Å². The Morgan fingerprint density at radius 2 is 1.74 bits per heavy atom. The molecule has 124 valence electrons. The highest BCUT2D eigenvalue weighted by atomic mass is 16.4. The summed E-state index contributed by atoms with van der Waals surface area (Å²) in [5.41, 5.74) is 1.73. The zero-order valence-corrected chi connectivity index (χ0v) is 13.6. The fourth-order valence-electron chi connectivity index (χ4n) is 4.08. The first kappa shape index (κ1) is 16.0. The maximum atomic E-state index is 12.5. The van der Waals surface area contributed by atoms with Gasteiger partial charge >= 0.3 is 5.97 Å². The van der Waals surface area contributed by atoms with Crippen LogP contribution in [0.2, 0.25) is 0 Å². The predicted molar refractivity (Wildman–Crippen MR) is 88.4 cm³/mol. The molecule has 0 bridgehead atoms. The lowest BCUT2D eigenvalue weighted by molar-refractivity contribution is -0.130. The van der Waals surface area contributed by atoms with Gasteiger partial charge in [0, 0.05) is 19.5 Å². The van der Waals surface area contributed by atoms with Crippen molar-refractivity contribution in [3.63, 3.8) is 0 Å². The monoisotopic (exact) mass is 315 g/mol. The third-order valence-corrected chi connectivity index (χ3v) is 5.53. The summed E-state index contributed by atoms with van der Waals surface area (Å²) in [7, 11) is 0. The molecule has 1 aliphatic carbocycles. The van der Waals surface area contributed by atoms with Crippen LogP contribution in [0.1, 0.15) is 60.9 Å². The first-order valence-corrected chi connectivity index (χ1v) is 8.68. The van der Waals surface area contributed by atoms with Crippen molar-refractivity contribution in [2.45, 2.75) is 51.4 Å². The molecule has 0 aromatic heterocycles. The van der Waals surface area contributed by atoms with Gasteiger partial charge in [0.25, 0.3) is 0 Å². The number of aryl methyl sites for hydroxylation is 1. The number of amides is 1. The number of aromatic carboxylic acids is 1. The van der Waals surface area contributed by atoms with Gasteiger partial charge in [-0.25, -0.2) is 4.79 Å². The highest BCUT2D eigenvalue weighted by Crippen LogP contribution is 2.43. The number of likely N-dealkylation sites (tertiary alicyclic amines) is 1. The van der Waals surface area contributed by atoms with Crippen molar-refractivity contribution >= 4 is 11.9 Å². The second-order valence-corrected chi connectivity index (χ2v) is 7.13. The molecule has 0 atom stereocenters. The van der Waals surface area contributed by atoms with Crippen LogP contribution >= 0.6 is 0 Å². The van der Waals surface area contributed by atoms with E-state index in [0.29, 0.717) is 23.8 Å². The van der Waals surface area contributed by atoms with Crippen LogP contribution in [0.5, 0.6) is 0 Å². The Balaban J connectivity index is 1.50. The minimum Gasteiger partial charge on any atom is -0.478 e. The average molecular weight is 315 g/mol. The largest absolute Gasteiger partial charge is 0.478 e. The molecule has 1 aromatic carbocycles. The van der Waals surface area contributed by atoms with E-state index in [4.69, 9.17) is 5.11 Å². The molecule has 2 aliphatic rings. The van der Waals surface area contributed by atoms with Crippen LogP contribution in [0, 0.1) is 5.41 Å². The summed E-state index contributed by atoms with van der Waals surface area (Å²) in [6, 6.07) is 6.83. The van der Waals surface area contributed by atoms with Crippen molar-refractivity contribution in [3.05, 3.63) is 35.4 Å². The van der Waals surface area contributed by atoms with E-state index in [0.717, 1.165) is 18.7 Å². The predicted octanol–water partition coefficient (Wildman–Crippen LogP) is 3.50. The molecule has 1 saturated heterocycles. The van der Waals surface area contributed by atoms with Crippen LogP contribution in [-0.2, 0) is 11.2 Å². The van der Waals surface area contributed by atoms with Crippen molar-refractivity contribution < 1.29 is 14.7 Å². The van der Waals surface area contributed by atoms with Gasteiger partial charge in [0.15, 0.2) is 0 Å². The van der Waals surface area contributed by atoms with Gasteiger partial charge in [-0.15, -0.1) is 0 Å². The first-order chi connectivity index (χ1) is 11.1. The number of carboxylic acid groups (broad SMARTS) is 1. The smallest absolute Gasteiger partial charge is 0.335 e. The van der Waals surface area contributed by atoms with E-state index in [2.05, 4.69) is 4.90 Å². The summed E-state index contributed by atoms with van der Waals surface area (Å²) < 4.78 is 0. The highest BCUT2D eigenvalue weighted by molar-refractivity contribution is 5.87. The molecule has 1 aliphatic heterocycles. The summed E-state index contributed by atoms with van der Waals surface area (Å²) in [5, 5.41) is 8.90. The molecule has 1 aromatic rings. The zero-order chi connectivity index (χ0) is 16.3. The van der Waals surface area contributed by atoms with Gasteiger partial charge in [0.2, 0.25) is 5.91 Å². The third kappa shape index (κ3) is 3.74. The van der Waals surface area contributed by atoms with Gasteiger partial charge in [-0.1, -0.05) is 31.4 Å². The Labute approximate surface area is 137 Å². The fourth-order valence-corrected chi connectivity index (χ4v) is 4.08. The maximum absolute atomic E-state index is 12.5. The zero-order valence-electron chi connectivity index (χ0n) is 13.6. The van der Waals surface area contributed by atoms with Crippen LogP contribution in [-0.4, -0.2) is 35.0 Å². The van der Waals surface area contributed by atoms with Crippen molar-refractivity contribution in [1.82, 2.24) is 4.90 Å². The number of carboxylic acids is 1. The number of carbonyl (C=O) groups is 2. The second kappa shape index (κ2) is 6.73. The summed E-state index contributed by atoms with van der Waals surface area (Å²) in [4.78, 5) is 25.3. The second-order valence-electron chi connectivity index (χ2n) is 7.13. The van der Waals surface area contributed by atoms with Gasteiger partial charge in [-0.3, -0.25) is 4.79 Å². The van der Waals surface area contributed by atoms with Gasteiger partial charge in [-0.05, 0) is 48.8 Å². The molecular formula is C19H25NO3. The van der Waals surface area contributed by atoms with E-state index >= 15 is 0 Å². The van der Waals surface area contributed by atoms with Crippen molar-refractivity contribution in [1.29, 1.82) is 0 Å². The number of benzene rings is 1. The standard InChI is InChI=1S/C19H25NO3/c21-17(9-6-15-4-7-16(8-5-15)18(22)23)20-13-12-19(14-20)10-2-1-3-11-19/h4-5,7-8H,1-3,6,9-14H2,(H,22,23). The Bertz CT molecular complexity index is 573. The molecule has 2 fully saturated rings. The van der Waals surface area contributed by atoms with E-state index in [1.165, 1.54) is 38.5 Å². The first-order valence-electron chi connectivity index (χ1n) is 8.68. The van der Waals surface area contributed by atoms with Crippen molar-refractivity contribution in [3.8, 4) is 0 Å². The number of carbonyl (C=O) groups excluding carboxylic acids is 1. The highest BCUT2D eigenvalue weighted by Gasteiger charge is 2.40. The van der Waals surface area contributed by atoms with Crippen LogP contribution in [0.25, 0.3) is 0 Å².